The van der Waals surface area contributed by atoms with Gasteiger partial charge in [0.25, 0.3) is 9.84 Å². The molecule has 0 fully saturated rings. The smallest absolute Gasteiger partial charge is 0.477 e. The number of pyridine rings is 2. The third kappa shape index (κ3) is 6.30. The van der Waals surface area contributed by atoms with Crippen molar-refractivity contribution in [3.63, 3.8) is 0 Å². The summed E-state index contributed by atoms with van der Waals surface area (Å²) in [4.78, 5) is 28.3. The van der Waals surface area contributed by atoms with Crippen LogP contribution in [0.4, 0.5) is 13.2 Å². The lowest BCUT2D eigenvalue weighted by Crippen LogP contribution is -2.30. The van der Waals surface area contributed by atoms with Crippen molar-refractivity contribution in [2.24, 2.45) is 0 Å². The molecule has 0 bridgehead atoms. The van der Waals surface area contributed by atoms with E-state index in [4.69, 9.17) is 5.11 Å². The minimum atomic E-state index is -5.43. The van der Waals surface area contributed by atoms with E-state index in [1.807, 2.05) is 0 Å². The first kappa shape index (κ1) is 20.2. The number of halogens is 3. The van der Waals surface area contributed by atoms with Crippen LogP contribution in [0, 0.1) is 0 Å². The molecule has 2 aromatic heterocycles. The summed E-state index contributed by atoms with van der Waals surface area (Å²) in [5, 5.41) is 8.32. The number of carbonyl (C=O) groups excluding carboxylic acids is 1. The van der Waals surface area contributed by atoms with Crippen LogP contribution in [0.1, 0.15) is 21.0 Å². The normalized spacial score (nSPS) is 11.2. The van der Waals surface area contributed by atoms with Crippen molar-refractivity contribution >= 4 is 21.6 Å². The Hall–Kier alpha value is -2.82. The molecule has 7 nitrogen and oxygen atoms in total. The Balaban J connectivity index is 0.000000293. The fourth-order valence-electron chi connectivity index (χ4n) is 1.35. The van der Waals surface area contributed by atoms with E-state index in [1.54, 1.807) is 12.1 Å². The minimum absolute atomic E-state index is 0.0810. The van der Waals surface area contributed by atoms with Gasteiger partial charge in [-0.1, -0.05) is 12.1 Å². The van der Waals surface area contributed by atoms with Gasteiger partial charge in [-0.3, -0.25) is 9.78 Å². The Labute approximate surface area is 140 Å². The van der Waals surface area contributed by atoms with Crippen LogP contribution in [-0.2, 0) is 9.84 Å². The molecular weight excluding hydrogens is 365 g/mol. The molecule has 0 unspecified atom stereocenters. The first-order valence-corrected chi connectivity index (χ1v) is 8.07. The predicted octanol–water partition coefficient (Wildman–Crippen LogP) is 1.98. The van der Waals surface area contributed by atoms with Crippen LogP contribution >= 0.6 is 0 Å². The first-order valence-electron chi connectivity index (χ1n) is 6.42. The summed E-state index contributed by atoms with van der Waals surface area (Å²) in [6.07, 6.45) is 2.64. The number of carbonyl (C=O) groups is 2. The minimum Gasteiger partial charge on any atom is -0.477 e. The molecule has 0 aliphatic carbocycles. The predicted molar refractivity (Wildman–Crippen MR) is 79.6 cm³/mol. The van der Waals surface area contributed by atoms with Crippen LogP contribution in [-0.4, -0.2) is 46.5 Å². The van der Waals surface area contributed by atoms with Crippen molar-refractivity contribution in [2.45, 2.75) is 5.51 Å². The largest absolute Gasteiger partial charge is 0.497 e. The van der Waals surface area contributed by atoms with E-state index in [2.05, 4.69) is 9.97 Å². The number of carboxylic acid groups (broad SMARTS) is 1. The zero-order chi connectivity index (χ0) is 19.1. The Morgan fingerprint density at radius 2 is 1.44 bits per heavy atom. The number of alkyl halides is 3. The zero-order valence-electron chi connectivity index (χ0n) is 12.3. The number of sulfone groups is 1. The first-order chi connectivity index (χ1) is 11.5. The topological polar surface area (TPSA) is 114 Å². The molecule has 0 saturated heterocycles. The summed E-state index contributed by atoms with van der Waals surface area (Å²) in [7, 11) is -5.43. The van der Waals surface area contributed by atoms with E-state index in [9.17, 15) is 31.2 Å². The Bertz CT molecular complexity index is 825. The fourth-order valence-corrected chi connectivity index (χ4v) is 2.00. The van der Waals surface area contributed by atoms with Crippen molar-refractivity contribution in [3.8, 4) is 0 Å². The highest BCUT2D eigenvalue weighted by Gasteiger charge is 2.46. The van der Waals surface area contributed by atoms with E-state index in [0.29, 0.717) is 0 Å². The van der Waals surface area contributed by atoms with Gasteiger partial charge in [0.05, 0.1) is 0 Å². The van der Waals surface area contributed by atoms with E-state index in [0.717, 1.165) is 6.07 Å². The molecule has 11 heteroatoms. The second kappa shape index (κ2) is 8.33. The number of nitrogens with zero attached hydrogens (tertiary/aromatic N) is 2. The summed E-state index contributed by atoms with van der Waals surface area (Å²) >= 11 is 0. The number of aromatic carboxylic acids is 1. The van der Waals surface area contributed by atoms with Crippen LogP contribution < -0.4 is 0 Å². The van der Waals surface area contributed by atoms with E-state index >= 15 is 0 Å². The fraction of sp³-hybridized carbons (Fsp3) is 0.143. The average Bonchev–Trinajstić information content (AvgIpc) is 2.55. The molecule has 2 heterocycles. The zero-order valence-corrected chi connectivity index (χ0v) is 13.2. The number of rotatable bonds is 4. The van der Waals surface area contributed by atoms with Gasteiger partial charge >= 0.3 is 11.5 Å². The number of carboxylic acids is 1. The molecule has 0 aliphatic rings. The highest BCUT2D eigenvalue weighted by atomic mass is 32.2. The van der Waals surface area contributed by atoms with Gasteiger partial charge in [-0.2, -0.15) is 13.2 Å². The Morgan fingerprint density at radius 3 is 1.76 bits per heavy atom. The maximum absolute atomic E-state index is 11.9. The van der Waals surface area contributed by atoms with Crippen molar-refractivity contribution in [2.75, 3.05) is 5.75 Å². The number of ketones is 1. The van der Waals surface area contributed by atoms with Crippen LogP contribution in [0.15, 0.2) is 48.8 Å². The standard InChI is InChI=1S/C8H6F3NO3S.C6H5NO2/c9-8(10,11)16(14,15)5-7(13)6-3-1-2-4-12-6;8-6(9)5-3-1-2-4-7-5/h1-4H,5H2;1-4H,(H,8,9). The van der Waals surface area contributed by atoms with E-state index in [1.165, 1.54) is 30.6 Å². The number of hydrogen-bond acceptors (Lipinski definition) is 6. The second-order valence-electron chi connectivity index (χ2n) is 4.36. The number of hydrogen-bond donors (Lipinski definition) is 1. The molecular formula is C14H11F3N2O5S. The van der Waals surface area contributed by atoms with E-state index in [-0.39, 0.29) is 11.4 Å². The molecule has 0 aliphatic heterocycles. The summed E-state index contributed by atoms with van der Waals surface area (Å²) in [5.74, 6) is -3.79. The van der Waals surface area contributed by atoms with E-state index < -0.39 is 32.9 Å². The number of Topliss-reactive ketones (excluding diaryl/α,β-unsaturated/α-hetero) is 1. The van der Waals surface area contributed by atoms with Gasteiger partial charge in [0.1, 0.15) is 17.1 Å². The van der Waals surface area contributed by atoms with Crippen molar-refractivity contribution < 1.29 is 36.3 Å². The number of aromatic nitrogens is 2. The van der Waals surface area contributed by atoms with Gasteiger partial charge in [0.2, 0.25) is 0 Å². The van der Waals surface area contributed by atoms with Crippen LogP contribution in [0.5, 0.6) is 0 Å². The van der Waals surface area contributed by atoms with Gasteiger partial charge < -0.3 is 5.11 Å². The average molecular weight is 376 g/mol. The van der Waals surface area contributed by atoms with Gasteiger partial charge in [-0.05, 0) is 24.3 Å². The third-order valence-corrected chi connectivity index (χ3v) is 3.86. The molecule has 0 spiro atoms. The maximum Gasteiger partial charge on any atom is 0.497 e. The molecule has 1 N–H and O–H groups in total. The van der Waals surface area contributed by atoms with Gasteiger partial charge in [0, 0.05) is 12.4 Å². The van der Waals surface area contributed by atoms with Crippen LogP contribution in [0.2, 0.25) is 0 Å². The van der Waals surface area contributed by atoms with Gasteiger partial charge in [-0.15, -0.1) is 0 Å². The summed E-state index contributed by atoms with van der Waals surface area (Å²) in [5.41, 5.74) is -5.65. The highest BCUT2D eigenvalue weighted by Crippen LogP contribution is 2.24. The molecule has 25 heavy (non-hydrogen) atoms. The lowest BCUT2D eigenvalue weighted by Gasteiger charge is -2.06. The third-order valence-electron chi connectivity index (χ3n) is 2.51. The summed E-state index contributed by atoms with van der Waals surface area (Å²) in [6.45, 7) is 0. The Kier molecular flexibility index (Phi) is 6.74. The SMILES string of the molecule is O=C(CS(=O)(=O)C(F)(F)F)c1ccccn1.O=C(O)c1ccccn1. The molecule has 0 atom stereocenters. The molecule has 0 radical (unpaired) electrons. The Morgan fingerprint density at radius 1 is 0.960 bits per heavy atom. The van der Waals surface area contributed by atoms with Crippen molar-refractivity contribution in [1.82, 2.24) is 9.97 Å². The summed E-state index contributed by atoms with van der Waals surface area (Å²) < 4.78 is 57.2. The maximum atomic E-state index is 11.9. The molecule has 0 saturated carbocycles. The molecule has 0 aromatic carbocycles. The second-order valence-corrected chi connectivity index (χ2v) is 6.34. The molecule has 0 amide bonds. The van der Waals surface area contributed by atoms with Gasteiger partial charge in [-0.25, -0.2) is 18.2 Å². The lowest BCUT2D eigenvalue weighted by molar-refractivity contribution is -0.0434. The van der Waals surface area contributed by atoms with Gasteiger partial charge in [0.15, 0.2) is 5.78 Å². The quantitative estimate of drug-likeness (QED) is 0.812. The summed E-state index contributed by atoms with van der Waals surface area (Å²) in [6, 6.07) is 8.73. The molecule has 2 aromatic rings. The monoisotopic (exact) mass is 376 g/mol. The van der Waals surface area contributed by atoms with Crippen molar-refractivity contribution in [1.29, 1.82) is 0 Å². The van der Waals surface area contributed by atoms with Crippen molar-refractivity contribution in [3.05, 3.63) is 60.2 Å². The molecule has 2 rings (SSSR count). The molecule has 134 valence electrons. The van der Waals surface area contributed by atoms with Crippen LogP contribution in [0.3, 0.4) is 0 Å². The van der Waals surface area contributed by atoms with Crippen LogP contribution in [0.25, 0.3) is 0 Å². The highest BCUT2D eigenvalue weighted by molar-refractivity contribution is 7.92. The lowest BCUT2D eigenvalue weighted by atomic mass is 10.3.